The second-order valence-electron chi connectivity index (χ2n) is 4.90. The molecule has 1 N–H and O–H groups in total. The average molecular weight is 217 g/mol. The quantitative estimate of drug-likeness (QED) is 0.609. The Hall–Kier alpha value is -1.44. The molecule has 0 aromatic heterocycles. The van der Waals surface area contributed by atoms with Crippen LogP contribution in [0.1, 0.15) is 30.9 Å². The Labute approximate surface area is 94.8 Å². The number of aliphatic imine (C=N–C) groups is 1. The topological polar surface area (TPSA) is 49.7 Å². The first-order valence-corrected chi connectivity index (χ1v) is 5.37. The van der Waals surface area contributed by atoms with Gasteiger partial charge in [-0.3, -0.25) is 0 Å². The molecular weight excluding hydrogens is 202 g/mol. The molecule has 1 fully saturated rings. The number of carbonyl (C=O) groups excluding carboxylic acids is 1. The molecule has 0 bridgehead atoms. The molecule has 0 aliphatic heterocycles. The van der Waals surface area contributed by atoms with Crippen molar-refractivity contribution in [2.45, 2.75) is 37.8 Å². The zero-order valence-electron chi connectivity index (χ0n) is 9.53. The molecule has 0 atom stereocenters. The van der Waals surface area contributed by atoms with E-state index in [1.165, 1.54) is 0 Å². The van der Waals surface area contributed by atoms with Crippen LogP contribution in [0, 0.1) is 6.92 Å². The van der Waals surface area contributed by atoms with Crippen molar-refractivity contribution < 1.29 is 9.90 Å². The van der Waals surface area contributed by atoms with Crippen LogP contribution >= 0.6 is 0 Å². The Kier molecular flexibility index (Phi) is 2.45. The van der Waals surface area contributed by atoms with Crippen molar-refractivity contribution in [2.24, 2.45) is 4.99 Å². The highest BCUT2D eigenvalue weighted by molar-refractivity contribution is 5.43. The van der Waals surface area contributed by atoms with E-state index in [0.29, 0.717) is 12.8 Å². The number of aliphatic hydroxyl groups is 1. The van der Waals surface area contributed by atoms with Gasteiger partial charge >= 0.3 is 0 Å². The van der Waals surface area contributed by atoms with Crippen molar-refractivity contribution in [3.05, 3.63) is 35.4 Å². The molecule has 1 aromatic rings. The smallest absolute Gasteiger partial charge is 0.235 e. The van der Waals surface area contributed by atoms with Crippen LogP contribution in [0.2, 0.25) is 0 Å². The molecule has 16 heavy (non-hydrogen) atoms. The maximum atomic E-state index is 10.5. The van der Waals surface area contributed by atoms with Gasteiger partial charge < -0.3 is 5.11 Å². The Morgan fingerprint density at radius 2 is 2.00 bits per heavy atom. The first-order chi connectivity index (χ1) is 7.49. The summed E-state index contributed by atoms with van der Waals surface area (Å²) in [5.74, 6) is 0. The Morgan fingerprint density at radius 1 is 1.38 bits per heavy atom. The van der Waals surface area contributed by atoms with E-state index in [0.717, 1.165) is 11.1 Å². The third-order valence-corrected chi connectivity index (χ3v) is 3.25. The predicted octanol–water partition coefficient (Wildman–Crippen LogP) is 2.07. The minimum absolute atomic E-state index is 0.486. The number of hydrogen-bond acceptors (Lipinski definition) is 3. The first-order valence-electron chi connectivity index (χ1n) is 5.37. The summed E-state index contributed by atoms with van der Waals surface area (Å²) in [5, 5.41) is 9.84. The highest BCUT2D eigenvalue weighted by atomic mass is 16.3. The summed E-state index contributed by atoms with van der Waals surface area (Å²) in [4.78, 5) is 14.5. The van der Waals surface area contributed by atoms with Gasteiger partial charge in [-0.1, -0.05) is 24.3 Å². The van der Waals surface area contributed by atoms with Crippen molar-refractivity contribution in [1.29, 1.82) is 0 Å². The van der Waals surface area contributed by atoms with Gasteiger partial charge in [0, 0.05) is 12.8 Å². The van der Waals surface area contributed by atoms with Crippen LogP contribution in [0.25, 0.3) is 0 Å². The summed E-state index contributed by atoms with van der Waals surface area (Å²) in [5.41, 5.74) is 0.834. The van der Waals surface area contributed by atoms with Crippen molar-refractivity contribution in [2.75, 3.05) is 0 Å². The molecule has 0 spiro atoms. The number of nitrogens with zero attached hydrogens (tertiary/aromatic N) is 1. The van der Waals surface area contributed by atoms with Gasteiger partial charge in [-0.2, -0.15) is 4.99 Å². The molecule has 0 saturated heterocycles. The minimum atomic E-state index is -0.720. The van der Waals surface area contributed by atoms with Gasteiger partial charge in [-0.05, 0) is 25.0 Å². The summed E-state index contributed by atoms with van der Waals surface area (Å²) in [7, 11) is 0. The summed E-state index contributed by atoms with van der Waals surface area (Å²) in [6.45, 7) is 3.76. The highest BCUT2D eigenvalue weighted by Gasteiger charge is 2.53. The maximum absolute atomic E-state index is 10.5. The zero-order valence-corrected chi connectivity index (χ0v) is 9.53. The van der Waals surface area contributed by atoms with Crippen molar-refractivity contribution in [1.82, 2.24) is 0 Å². The van der Waals surface area contributed by atoms with Gasteiger partial charge in [0.25, 0.3) is 0 Å². The normalized spacial score (nSPS) is 32.7. The van der Waals surface area contributed by atoms with Gasteiger partial charge in [0.05, 0.1) is 5.60 Å². The fraction of sp³-hybridized carbons (Fsp3) is 0.462. The van der Waals surface area contributed by atoms with Gasteiger partial charge in [-0.25, -0.2) is 4.79 Å². The third-order valence-electron chi connectivity index (χ3n) is 3.25. The molecule has 84 valence electrons. The third kappa shape index (κ3) is 1.69. The van der Waals surface area contributed by atoms with Crippen molar-refractivity contribution >= 4 is 6.08 Å². The Bertz CT molecular complexity index is 451. The van der Waals surface area contributed by atoms with E-state index in [-0.39, 0.29) is 0 Å². The number of isocyanates is 1. The zero-order chi connectivity index (χ0) is 11.8. The number of benzene rings is 1. The predicted molar refractivity (Wildman–Crippen MR) is 60.8 cm³/mol. The summed E-state index contributed by atoms with van der Waals surface area (Å²) in [6.07, 6.45) is 2.61. The lowest BCUT2D eigenvalue weighted by Crippen LogP contribution is -2.51. The molecule has 3 nitrogen and oxygen atoms in total. The standard InChI is InChI=1S/C13H15NO2/c1-10-5-3-4-6-11(10)13(14-9-15)7-12(2,16)8-13/h3-6,16H,7-8H2,1-2H3. The van der Waals surface area contributed by atoms with E-state index in [9.17, 15) is 9.90 Å². The SMILES string of the molecule is Cc1ccccc1C1(N=C=O)CC(C)(O)C1. The molecule has 1 aromatic carbocycles. The summed E-state index contributed by atoms with van der Waals surface area (Å²) < 4.78 is 0. The lowest BCUT2D eigenvalue weighted by molar-refractivity contribution is -0.0729. The molecule has 0 unspecified atom stereocenters. The van der Waals surface area contributed by atoms with Crippen LogP contribution in [0.3, 0.4) is 0 Å². The van der Waals surface area contributed by atoms with Crippen LogP contribution in [-0.4, -0.2) is 16.8 Å². The van der Waals surface area contributed by atoms with E-state index in [1.807, 2.05) is 31.2 Å². The number of hydrogen-bond donors (Lipinski definition) is 1. The van der Waals surface area contributed by atoms with E-state index < -0.39 is 11.1 Å². The summed E-state index contributed by atoms with van der Waals surface area (Å²) >= 11 is 0. The van der Waals surface area contributed by atoms with E-state index in [4.69, 9.17) is 0 Å². The minimum Gasteiger partial charge on any atom is -0.390 e. The molecule has 1 saturated carbocycles. The number of rotatable bonds is 2. The molecule has 1 aliphatic carbocycles. The van der Waals surface area contributed by atoms with Crippen LogP contribution in [-0.2, 0) is 10.3 Å². The van der Waals surface area contributed by atoms with E-state index >= 15 is 0 Å². The van der Waals surface area contributed by atoms with Gasteiger partial charge in [0.2, 0.25) is 6.08 Å². The molecule has 0 radical (unpaired) electrons. The summed E-state index contributed by atoms with van der Waals surface area (Å²) in [6, 6.07) is 7.83. The Balaban J connectivity index is 2.44. The van der Waals surface area contributed by atoms with Gasteiger partial charge in [0.15, 0.2) is 0 Å². The van der Waals surface area contributed by atoms with Gasteiger partial charge in [-0.15, -0.1) is 0 Å². The molecule has 3 heteroatoms. The fourth-order valence-electron chi connectivity index (χ4n) is 2.72. The highest BCUT2D eigenvalue weighted by Crippen LogP contribution is 2.51. The maximum Gasteiger partial charge on any atom is 0.235 e. The molecule has 0 heterocycles. The number of aryl methyl sites for hydroxylation is 1. The van der Waals surface area contributed by atoms with Crippen LogP contribution in [0.4, 0.5) is 0 Å². The Morgan fingerprint density at radius 3 is 2.50 bits per heavy atom. The molecule has 2 rings (SSSR count). The van der Waals surface area contributed by atoms with E-state index in [1.54, 1.807) is 13.0 Å². The lowest BCUT2D eigenvalue weighted by atomic mass is 9.62. The van der Waals surface area contributed by atoms with Gasteiger partial charge in [0.1, 0.15) is 5.54 Å². The first kappa shape index (κ1) is 11.1. The molecule has 0 amide bonds. The van der Waals surface area contributed by atoms with E-state index in [2.05, 4.69) is 4.99 Å². The monoisotopic (exact) mass is 217 g/mol. The average Bonchev–Trinajstić information content (AvgIpc) is 2.15. The van der Waals surface area contributed by atoms with Crippen molar-refractivity contribution in [3.63, 3.8) is 0 Å². The van der Waals surface area contributed by atoms with Crippen molar-refractivity contribution in [3.8, 4) is 0 Å². The second-order valence-corrected chi connectivity index (χ2v) is 4.90. The lowest BCUT2D eigenvalue weighted by Gasteiger charge is -2.49. The largest absolute Gasteiger partial charge is 0.390 e. The van der Waals surface area contributed by atoms with Crippen LogP contribution < -0.4 is 0 Å². The molecule has 1 aliphatic rings. The van der Waals surface area contributed by atoms with Crippen LogP contribution in [0.5, 0.6) is 0 Å². The molecular formula is C13H15NO2. The fourth-order valence-corrected chi connectivity index (χ4v) is 2.72. The second kappa shape index (κ2) is 3.55. The van der Waals surface area contributed by atoms with Crippen LogP contribution in [0.15, 0.2) is 29.3 Å².